The van der Waals surface area contributed by atoms with Gasteiger partial charge in [-0.05, 0) is 53.2 Å². The Kier molecular flexibility index (Phi) is 5.15. The number of amides is 1. The average Bonchev–Trinajstić information content (AvgIpc) is 3.16. The van der Waals surface area contributed by atoms with Gasteiger partial charge in [-0.3, -0.25) is 4.79 Å². The summed E-state index contributed by atoms with van der Waals surface area (Å²) in [6, 6.07) is 23.0. The van der Waals surface area contributed by atoms with Gasteiger partial charge in [-0.15, -0.1) is 0 Å². The van der Waals surface area contributed by atoms with Crippen LogP contribution in [0.5, 0.6) is 0 Å². The molecular formula is C22H15Cl2N3O. The van der Waals surface area contributed by atoms with E-state index in [1.54, 1.807) is 18.3 Å². The lowest BCUT2D eigenvalue weighted by Crippen LogP contribution is -2.18. The second-order valence-electron chi connectivity index (χ2n) is 6.16. The average molecular weight is 408 g/mol. The van der Waals surface area contributed by atoms with Crippen molar-refractivity contribution in [2.45, 2.75) is 0 Å². The Morgan fingerprint density at radius 3 is 2.57 bits per heavy atom. The molecule has 0 spiro atoms. The number of halogens is 2. The Morgan fingerprint density at radius 1 is 0.929 bits per heavy atom. The molecule has 0 radical (unpaired) electrons. The lowest BCUT2D eigenvalue weighted by molar-refractivity contribution is 0.0955. The molecule has 0 fully saturated rings. The Bertz CT molecular complexity index is 1200. The lowest BCUT2D eigenvalue weighted by Gasteiger charge is -2.08. The number of hydrazone groups is 1. The van der Waals surface area contributed by atoms with Crippen LogP contribution >= 0.6 is 23.2 Å². The molecule has 0 atom stereocenters. The van der Waals surface area contributed by atoms with Crippen molar-refractivity contribution in [3.63, 3.8) is 0 Å². The second-order valence-corrected chi connectivity index (χ2v) is 7.00. The molecule has 138 valence electrons. The van der Waals surface area contributed by atoms with Crippen LogP contribution in [0.1, 0.15) is 16.1 Å². The van der Waals surface area contributed by atoms with Crippen molar-refractivity contribution in [3.8, 4) is 5.69 Å². The normalized spacial score (nSPS) is 11.2. The van der Waals surface area contributed by atoms with Gasteiger partial charge in [0, 0.05) is 16.9 Å². The van der Waals surface area contributed by atoms with Crippen LogP contribution in [0, 0.1) is 0 Å². The molecule has 0 saturated heterocycles. The number of benzene rings is 3. The van der Waals surface area contributed by atoms with Gasteiger partial charge in [-0.2, -0.15) is 5.10 Å². The fourth-order valence-corrected chi connectivity index (χ4v) is 3.45. The number of carbonyl (C=O) groups excluding carboxylic acids is 1. The smallest absolute Gasteiger partial charge is 0.272 e. The fourth-order valence-electron chi connectivity index (χ4n) is 2.95. The predicted octanol–water partition coefficient (Wildman–Crippen LogP) is 5.70. The molecule has 4 aromatic rings. The third kappa shape index (κ3) is 3.79. The second kappa shape index (κ2) is 7.89. The predicted molar refractivity (Wildman–Crippen MR) is 115 cm³/mol. The van der Waals surface area contributed by atoms with Crippen molar-refractivity contribution in [1.82, 2.24) is 9.99 Å². The summed E-state index contributed by atoms with van der Waals surface area (Å²) >= 11 is 11.9. The quantitative estimate of drug-likeness (QED) is 0.342. The maximum atomic E-state index is 12.2. The van der Waals surface area contributed by atoms with Crippen molar-refractivity contribution in [2.24, 2.45) is 5.10 Å². The molecule has 1 amide bonds. The molecule has 3 aromatic carbocycles. The first kappa shape index (κ1) is 18.3. The number of rotatable bonds is 4. The molecule has 4 nitrogen and oxygen atoms in total. The number of fused-ring (bicyclic) bond motifs is 1. The minimum Gasteiger partial charge on any atom is -0.316 e. The molecule has 0 unspecified atom stereocenters. The third-order valence-corrected chi connectivity index (χ3v) is 4.88. The Labute approximate surface area is 172 Å². The highest BCUT2D eigenvalue weighted by Gasteiger charge is 2.10. The molecule has 1 aromatic heterocycles. The van der Waals surface area contributed by atoms with Gasteiger partial charge in [-0.25, -0.2) is 5.43 Å². The summed E-state index contributed by atoms with van der Waals surface area (Å²) < 4.78 is 2.00. The molecule has 0 aliphatic rings. The van der Waals surface area contributed by atoms with Crippen LogP contribution in [0.25, 0.3) is 16.5 Å². The van der Waals surface area contributed by atoms with E-state index in [0.717, 1.165) is 16.8 Å². The summed E-state index contributed by atoms with van der Waals surface area (Å²) in [4.78, 5) is 12.2. The van der Waals surface area contributed by atoms with E-state index in [2.05, 4.69) is 34.8 Å². The van der Waals surface area contributed by atoms with Gasteiger partial charge in [0.1, 0.15) is 0 Å². The Hall–Kier alpha value is -3.08. The standard InChI is InChI=1S/C22H15Cl2N3O/c23-17-8-10-20(21(24)13-17)22(28)26-25-14-19-6-3-11-27(19)18-9-7-15-4-1-2-5-16(15)12-18/h1-14H,(H,26,28)/b25-14+. The molecule has 0 aliphatic heterocycles. The zero-order valence-corrected chi connectivity index (χ0v) is 16.2. The first-order valence-electron chi connectivity index (χ1n) is 8.57. The first-order chi connectivity index (χ1) is 13.6. The summed E-state index contributed by atoms with van der Waals surface area (Å²) in [7, 11) is 0. The van der Waals surface area contributed by atoms with Gasteiger partial charge in [-0.1, -0.05) is 53.5 Å². The van der Waals surface area contributed by atoms with Gasteiger partial charge < -0.3 is 4.57 Å². The van der Waals surface area contributed by atoms with Crippen molar-refractivity contribution in [3.05, 3.63) is 100 Å². The topological polar surface area (TPSA) is 46.4 Å². The van der Waals surface area contributed by atoms with Crippen LogP contribution < -0.4 is 5.43 Å². The summed E-state index contributed by atoms with van der Waals surface area (Å²) in [6.45, 7) is 0. The van der Waals surface area contributed by atoms with E-state index < -0.39 is 5.91 Å². The van der Waals surface area contributed by atoms with Gasteiger partial charge >= 0.3 is 0 Å². The highest BCUT2D eigenvalue weighted by molar-refractivity contribution is 6.36. The van der Waals surface area contributed by atoms with Crippen LogP contribution in [-0.2, 0) is 0 Å². The van der Waals surface area contributed by atoms with Crippen molar-refractivity contribution in [2.75, 3.05) is 0 Å². The number of nitrogens with zero attached hydrogens (tertiary/aromatic N) is 2. The van der Waals surface area contributed by atoms with E-state index in [1.165, 1.54) is 11.5 Å². The molecule has 1 heterocycles. The van der Waals surface area contributed by atoms with E-state index in [4.69, 9.17) is 23.2 Å². The van der Waals surface area contributed by atoms with Gasteiger partial charge in [0.25, 0.3) is 5.91 Å². The molecule has 28 heavy (non-hydrogen) atoms. The van der Waals surface area contributed by atoms with Crippen LogP contribution in [0.15, 0.2) is 84.1 Å². The SMILES string of the molecule is O=C(N/N=C/c1cccn1-c1ccc2ccccc2c1)c1ccc(Cl)cc1Cl. The molecule has 1 N–H and O–H groups in total. The highest BCUT2D eigenvalue weighted by Crippen LogP contribution is 2.21. The highest BCUT2D eigenvalue weighted by atomic mass is 35.5. The van der Waals surface area contributed by atoms with Crippen molar-refractivity contribution in [1.29, 1.82) is 0 Å². The molecule has 0 bridgehead atoms. The van der Waals surface area contributed by atoms with Crippen molar-refractivity contribution >= 4 is 46.1 Å². The van der Waals surface area contributed by atoms with Gasteiger partial charge in [0.2, 0.25) is 0 Å². The van der Waals surface area contributed by atoms with Gasteiger partial charge in [0.05, 0.1) is 22.5 Å². The monoisotopic (exact) mass is 407 g/mol. The van der Waals surface area contributed by atoms with E-state index >= 15 is 0 Å². The number of carbonyl (C=O) groups is 1. The van der Waals surface area contributed by atoms with Crippen LogP contribution in [0.4, 0.5) is 0 Å². The molecule has 0 saturated carbocycles. The summed E-state index contributed by atoms with van der Waals surface area (Å²) in [5.74, 6) is -0.401. The molecular weight excluding hydrogens is 393 g/mol. The lowest BCUT2D eigenvalue weighted by atomic mass is 10.1. The number of hydrogen-bond donors (Lipinski definition) is 1. The van der Waals surface area contributed by atoms with Crippen LogP contribution in [-0.4, -0.2) is 16.7 Å². The minimum atomic E-state index is -0.401. The summed E-state index contributed by atoms with van der Waals surface area (Å²) in [6.07, 6.45) is 3.54. The van der Waals surface area contributed by atoms with Crippen molar-refractivity contribution < 1.29 is 4.79 Å². The largest absolute Gasteiger partial charge is 0.316 e. The van der Waals surface area contributed by atoms with Gasteiger partial charge in [0.15, 0.2) is 0 Å². The van der Waals surface area contributed by atoms with Crippen LogP contribution in [0.3, 0.4) is 0 Å². The van der Waals surface area contributed by atoms with E-state index in [9.17, 15) is 4.79 Å². The summed E-state index contributed by atoms with van der Waals surface area (Å²) in [5, 5.41) is 7.15. The maximum absolute atomic E-state index is 12.2. The Balaban J connectivity index is 1.54. The zero-order chi connectivity index (χ0) is 19.5. The molecule has 6 heteroatoms. The first-order valence-corrected chi connectivity index (χ1v) is 9.32. The number of nitrogens with one attached hydrogen (secondary N) is 1. The maximum Gasteiger partial charge on any atom is 0.272 e. The minimum absolute atomic E-state index is 0.278. The zero-order valence-electron chi connectivity index (χ0n) is 14.6. The fraction of sp³-hybridized carbons (Fsp3) is 0. The van der Waals surface area contributed by atoms with E-state index in [-0.39, 0.29) is 5.02 Å². The molecule has 4 rings (SSSR count). The summed E-state index contributed by atoms with van der Waals surface area (Å²) in [5.41, 5.74) is 4.65. The Morgan fingerprint density at radius 2 is 1.75 bits per heavy atom. The number of aromatic nitrogens is 1. The molecule has 0 aliphatic carbocycles. The van der Waals surface area contributed by atoms with E-state index in [1.807, 2.05) is 41.1 Å². The van der Waals surface area contributed by atoms with E-state index in [0.29, 0.717) is 10.6 Å². The number of hydrogen-bond acceptors (Lipinski definition) is 2. The third-order valence-electron chi connectivity index (χ3n) is 4.33. The van der Waals surface area contributed by atoms with Crippen LogP contribution in [0.2, 0.25) is 10.0 Å².